The molecule has 1 aliphatic heterocycles. The number of methoxy groups -OCH3 is 1. The molecule has 0 amide bonds. The average Bonchev–Trinajstić information content (AvgIpc) is 2.67. The fourth-order valence-electron chi connectivity index (χ4n) is 3.56. The number of alkyl halides is 3. The van der Waals surface area contributed by atoms with Crippen molar-refractivity contribution in [2.75, 3.05) is 19.1 Å². The van der Waals surface area contributed by atoms with Gasteiger partial charge >= 0.3 is 6.18 Å². The molecule has 144 valence electrons. The van der Waals surface area contributed by atoms with Gasteiger partial charge in [-0.15, -0.1) is 0 Å². The highest BCUT2D eigenvalue weighted by Gasteiger charge is 2.45. The van der Waals surface area contributed by atoms with Crippen molar-refractivity contribution < 1.29 is 17.9 Å². The van der Waals surface area contributed by atoms with Crippen molar-refractivity contribution in [2.24, 2.45) is 4.99 Å². The number of rotatable bonds is 2. The molecule has 28 heavy (non-hydrogen) atoms. The maximum Gasteiger partial charge on any atom is 0.415 e. The Hall–Kier alpha value is -2.54. The number of ether oxygens (including phenoxy) is 1. The van der Waals surface area contributed by atoms with Crippen LogP contribution in [0.15, 0.2) is 64.1 Å². The second-order valence-corrected chi connectivity index (χ2v) is 7.38. The topological polar surface area (TPSA) is 24.8 Å². The summed E-state index contributed by atoms with van der Waals surface area (Å²) in [6.07, 6.45) is -4.50. The third kappa shape index (κ3) is 3.03. The van der Waals surface area contributed by atoms with Crippen LogP contribution in [0.2, 0.25) is 0 Å². The number of amidine groups is 1. The van der Waals surface area contributed by atoms with Gasteiger partial charge in [-0.3, -0.25) is 0 Å². The van der Waals surface area contributed by atoms with Gasteiger partial charge in [-0.1, -0.05) is 40.2 Å². The molecule has 0 saturated carbocycles. The second-order valence-electron chi connectivity index (χ2n) is 6.53. The summed E-state index contributed by atoms with van der Waals surface area (Å²) in [6.45, 7) is 0. The van der Waals surface area contributed by atoms with Crippen LogP contribution >= 0.6 is 15.9 Å². The summed E-state index contributed by atoms with van der Waals surface area (Å²) in [4.78, 5) is 5.84. The maximum absolute atomic E-state index is 13.9. The van der Waals surface area contributed by atoms with Crippen LogP contribution < -0.4 is 9.64 Å². The first-order valence-corrected chi connectivity index (χ1v) is 9.34. The van der Waals surface area contributed by atoms with Crippen molar-refractivity contribution in [1.29, 1.82) is 0 Å². The molecule has 0 spiro atoms. The van der Waals surface area contributed by atoms with Gasteiger partial charge in [0.05, 0.1) is 12.8 Å². The SMILES string of the molecule is COc1ccc(C2=NC(C(F)(F)F)c3cc(Br)c4ccccc4c3N2C)cc1. The number of nitrogens with zero attached hydrogens (tertiary/aromatic N) is 2. The van der Waals surface area contributed by atoms with E-state index in [0.29, 0.717) is 21.5 Å². The third-order valence-corrected chi connectivity index (χ3v) is 5.51. The minimum absolute atomic E-state index is 0.137. The van der Waals surface area contributed by atoms with Crippen molar-refractivity contribution in [3.8, 4) is 5.75 Å². The lowest BCUT2D eigenvalue weighted by molar-refractivity contribution is -0.148. The predicted molar refractivity (Wildman–Crippen MR) is 108 cm³/mol. The van der Waals surface area contributed by atoms with E-state index in [1.807, 2.05) is 24.3 Å². The molecule has 0 aromatic heterocycles. The molecule has 1 heterocycles. The van der Waals surface area contributed by atoms with E-state index in [2.05, 4.69) is 20.9 Å². The molecule has 0 fully saturated rings. The normalized spacial score (nSPS) is 16.7. The lowest BCUT2D eigenvalue weighted by Crippen LogP contribution is -2.36. The summed E-state index contributed by atoms with van der Waals surface area (Å²) in [6, 6.07) is 13.9. The fraction of sp³-hybridized carbons (Fsp3) is 0.190. The monoisotopic (exact) mass is 448 g/mol. The summed E-state index contributed by atoms with van der Waals surface area (Å²) >= 11 is 3.42. The summed E-state index contributed by atoms with van der Waals surface area (Å²) in [7, 11) is 3.29. The molecule has 7 heteroatoms. The van der Waals surface area contributed by atoms with Crippen molar-refractivity contribution in [3.05, 3.63) is 70.2 Å². The van der Waals surface area contributed by atoms with E-state index in [1.165, 1.54) is 6.07 Å². The Kier molecular flexibility index (Phi) is 4.57. The zero-order valence-corrected chi connectivity index (χ0v) is 16.7. The number of benzene rings is 3. The van der Waals surface area contributed by atoms with E-state index in [0.717, 1.165) is 10.8 Å². The van der Waals surface area contributed by atoms with Crippen LogP contribution in [0.5, 0.6) is 5.75 Å². The van der Waals surface area contributed by atoms with Gasteiger partial charge in [0.2, 0.25) is 0 Å². The van der Waals surface area contributed by atoms with Crippen molar-refractivity contribution in [2.45, 2.75) is 12.2 Å². The van der Waals surface area contributed by atoms with Crippen LogP contribution in [-0.2, 0) is 0 Å². The van der Waals surface area contributed by atoms with Gasteiger partial charge in [0.25, 0.3) is 0 Å². The van der Waals surface area contributed by atoms with E-state index in [1.54, 1.807) is 43.3 Å². The standard InChI is InChI=1S/C21H16BrF3N2O/c1-27-18-15-6-4-3-5-14(15)17(22)11-16(18)19(21(23,24)25)26-20(27)12-7-9-13(28-2)10-8-12/h3-11,19H,1-2H3. The van der Waals surface area contributed by atoms with Gasteiger partial charge in [0, 0.05) is 28.0 Å². The van der Waals surface area contributed by atoms with E-state index in [9.17, 15) is 13.2 Å². The molecule has 1 atom stereocenters. The highest BCUT2D eigenvalue weighted by Crippen LogP contribution is 2.48. The highest BCUT2D eigenvalue weighted by molar-refractivity contribution is 9.10. The van der Waals surface area contributed by atoms with Crippen molar-refractivity contribution in [1.82, 2.24) is 0 Å². The van der Waals surface area contributed by atoms with Gasteiger partial charge in [-0.05, 0) is 35.7 Å². The largest absolute Gasteiger partial charge is 0.497 e. The van der Waals surface area contributed by atoms with E-state index >= 15 is 0 Å². The van der Waals surface area contributed by atoms with Crippen LogP contribution in [0.25, 0.3) is 10.8 Å². The summed E-state index contributed by atoms with van der Waals surface area (Å²) in [5.41, 5.74) is 1.25. The number of hydrogen-bond donors (Lipinski definition) is 0. The number of aliphatic imine (C=N–C) groups is 1. The molecule has 3 aromatic rings. The summed E-state index contributed by atoms with van der Waals surface area (Å²) in [5.74, 6) is 0.898. The van der Waals surface area contributed by atoms with Gasteiger partial charge < -0.3 is 9.64 Å². The first-order valence-electron chi connectivity index (χ1n) is 8.55. The molecular weight excluding hydrogens is 433 g/mol. The summed E-state index contributed by atoms with van der Waals surface area (Å²) < 4.78 is 47.5. The maximum atomic E-state index is 13.9. The Morgan fingerprint density at radius 3 is 2.29 bits per heavy atom. The lowest BCUT2D eigenvalue weighted by Gasteiger charge is -2.34. The van der Waals surface area contributed by atoms with E-state index < -0.39 is 12.2 Å². The quantitative estimate of drug-likeness (QED) is 0.472. The Balaban J connectivity index is 1.98. The molecule has 1 aliphatic rings. The van der Waals surface area contributed by atoms with Gasteiger partial charge in [-0.2, -0.15) is 13.2 Å². The zero-order valence-electron chi connectivity index (χ0n) is 15.1. The molecule has 1 unspecified atom stereocenters. The third-order valence-electron chi connectivity index (χ3n) is 4.85. The number of hydrogen-bond acceptors (Lipinski definition) is 3. The Bertz CT molecular complexity index is 1080. The lowest BCUT2D eigenvalue weighted by atomic mass is 9.95. The Labute approximate surface area is 168 Å². The average molecular weight is 449 g/mol. The minimum Gasteiger partial charge on any atom is -0.497 e. The second kappa shape index (κ2) is 6.81. The van der Waals surface area contributed by atoms with Gasteiger partial charge in [-0.25, -0.2) is 4.99 Å². The van der Waals surface area contributed by atoms with Gasteiger partial charge in [0.15, 0.2) is 6.04 Å². The summed E-state index contributed by atoms with van der Waals surface area (Å²) in [5, 5.41) is 1.59. The minimum atomic E-state index is -4.50. The molecule has 0 radical (unpaired) electrons. The van der Waals surface area contributed by atoms with Crippen LogP contribution in [0.4, 0.5) is 18.9 Å². The van der Waals surface area contributed by atoms with Crippen LogP contribution in [-0.4, -0.2) is 26.2 Å². The smallest absolute Gasteiger partial charge is 0.415 e. The molecule has 0 N–H and O–H groups in total. The first-order chi connectivity index (χ1) is 13.3. The molecule has 4 rings (SSSR count). The van der Waals surface area contributed by atoms with E-state index in [-0.39, 0.29) is 11.4 Å². The molecule has 0 bridgehead atoms. The molecule has 0 aliphatic carbocycles. The van der Waals surface area contributed by atoms with Crippen LogP contribution in [0, 0.1) is 0 Å². The zero-order chi connectivity index (χ0) is 20.1. The molecule has 3 nitrogen and oxygen atoms in total. The van der Waals surface area contributed by atoms with E-state index in [4.69, 9.17) is 4.74 Å². The van der Waals surface area contributed by atoms with Crippen LogP contribution in [0.3, 0.4) is 0 Å². The molecular formula is C21H16BrF3N2O. The Morgan fingerprint density at radius 2 is 1.68 bits per heavy atom. The van der Waals surface area contributed by atoms with Crippen molar-refractivity contribution >= 4 is 38.2 Å². The predicted octanol–water partition coefficient (Wildman–Crippen LogP) is 6.11. The number of anilines is 1. The molecule has 3 aromatic carbocycles. The van der Waals surface area contributed by atoms with Crippen molar-refractivity contribution in [3.63, 3.8) is 0 Å². The van der Waals surface area contributed by atoms with Gasteiger partial charge in [0.1, 0.15) is 11.6 Å². The first kappa shape index (κ1) is 18.8. The fourth-order valence-corrected chi connectivity index (χ4v) is 4.15. The van der Waals surface area contributed by atoms with Crippen LogP contribution in [0.1, 0.15) is 17.2 Å². The highest BCUT2D eigenvalue weighted by atomic mass is 79.9. The number of fused-ring (bicyclic) bond motifs is 3. The molecule has 0 saturated heterocycles. The number of halogens is 4. The Morgan fingerprint density at radius 1 is 1.04 bits per heavy atom.